The minimum Gasteiger partial charge on any atom is -0.310 e. The third-order valence-electron chi connectivity index (χ3n) is 7.52. The third-order valence-corrected chi connectivity index (χ3v) is 7.52. The van der Waals surface area contributed by atoms with Crippen LogP contribution in [0.15, 0.2) is 78.9 Å². The lowest BCUT2D eigenvalue weighted by Gasteiger charge is -2.41. The van der Waals surface area contributed by atoms with Gasteiger partial charge in [0.1, 0.15) is 0 Å². The Morgan fingerprint density at radius 3 is 2.37 bits per heavy atom. The summed E-state index contributed by atoms with van der Waals surface area (Å²) in [6.07, 6.45) is 0. The number of rotatable bonds is 0. The number of nitrogens with zero attached hydrogens (tertiary/aromatic N) is 1. The van der Waals surface area contributed by atoms with Gasteiger partial charge >= 0.3 is 0 Å². The van der Waals surface area contributed by atoms with Crippen LogP contribution in [0, 0.1) is 6.92 Å². The molecule has 3 heterocycles. The first kappa shape index (κ1) is 16.5. The first-order valence-electron chi connectivity index (χ1n) is 10.8. The lowest BCUT2D eigenvalue weighted by Crippen LogP contribution is -2.63. The molecule has 0 amide bonds. The normalized spacial score (nSPS) is 15.4. The molecule has 0 unspecified atom stereocenters. The summed E-state index contributed by atoms with van der Waals surface area (Å²) in [6, 6.07) is 29.8. The van der Waals surface area contributed by atoms with Gasteiger partial charge in [0.15, 0.2) is 0 Å². The number of fused-ring (bicyclic) bond motifs is 8. The zero-order chi connectivity index (χ0) is 20.2. The molecule has 5 aromatic rings. The Morgan fingerprint density at radius 1 is 0.733 bits per heavy atom. The van der Waals surface area contributed by atoms with Crippen LogP contribution in [0.3, 0.4) is 0 Å². The Balaban J connectivity index is 1.78. The Labute approximate surface area is 177 Å². The third kappa shape index (κ3) is 1.77. The number of benzene rings is 4. The first-order chi connectivity index (χ1) is 14.6. The summed E-state index contributed by atoms with van der Waals surface area (Å²) in [7, 11) is 0. The van der Waals surface area contributed by atoms with E-state index in [2.05, 4.69) is 104 Å². The second-order valence-electron chi connectivity index (χ2n) is 9.48. The molecule has 1 aromatic heterocycles. The van der Waals surface area contributed by atoms with Crippen molar-refractivity contribution >= 4 is 44.9 Å². The molecule has 0 bridgehead atoms. The molecule has 1 nitrogen and oxygen atoms in total. The predicted octanol–water partition coefficient (Wildman–Crippen LogP) is 4.56. The van der Waals surface area contributed by atoms with Gasteiger partial charge in [0.05, 0.1) is 5.52 Å². The zero-order valence-electron chi connectivity index (χ0n) is 17.5. The molecule has 0 saturated heterocycles. The summed E-state index contributed by atoms with van der Waals surface area (Å²) < 4.78 is 2.53. The topological polar surface area (TPSA) is 4.93 Å². The Morgan fingerprint density at radius 2 is 1.50 bits per heavy atom. The van der Waals surface area contributed by atoms with Crippen LogP contribution >= 0.6 is 0 Å². The Kier molecular flexibility index (Phi) is 2.90. The van der Waals surface area contributed by atoms with Gasteiger partial charge in [-0.2, -0.15) is 0 Å². The highest BCUT2D eigenvalue weighted by Crippen LogP contribution is 2.40. The summed E-state index contributed by atoms with van der Waals surface area (Å²) in [6.45, 7) is 7.26. The highest BCUT2D eigenvalue weighted by atomic mass is 15.0. The molecular formula is C28H22BN. The molecule has 0 radical (unpaired) electrons. The van der Waals surface area contributed by atoms with E-state index in [0.29, 0.717) is 6.71 Å². The maximum atomic E-state index is 2.53. The van der Waals surface area contributed by atoms with Crippen molar-refractivity contribution < 1.29 is 0 Å². The molecule has 2 heteroatoms. The zero-order valence-corrected chi connectivity index (χ0v) is 17.5. The maximum absolute atomic E-state index is 2.53. The molecule has 0 aliphatic carbocycles. The van der Waals surface area contributed by atoms with Gasteiger partial charge in [-0.3, -0.25) is 0 Å². The van der Waals surface area contributed by atoms with E-state index in [1.807, 2.05) is 0 Å². The Bertz CT molecular complexity index is 1540. The fraction of sp³-hybridized carbons (Fsp3) is 0.143. The maximum Gasteiger partial charge on any atom is 0.247 e. The minimum atomic E-state index is -0.0138. The van der Waals surface area contributed by atoms with Crippen LogP contribution in [0.5, 0.6) is 0 Å². The molecule has 0 saturated carbocycles. The van der Waals surface area contributed by atoms with E-state index in [9.17, 15) is 0 Å². The number of para-hydroxylation sites is 1. The molecular weight excluding hydrogens is 361 g/mol. The van der Waals surface area contributed by atoms with Crippen LogP contribution in [0.1, 0.15) is 30.5 Å². The average molecular weight is 383 g/mol. The summed E-state index contributed by atoms with van der Waals surface area (Å²) in [5.74, 6) is 0. The van der Waals surface area contributed by atoms with Crippen molar-refractivity contribution in [2.75, 3.05) is 0 Å². The van der Waals surface area contributed by atoms with Crippen molar-refractivity contribution in [2.24, 2.45) is 0 Å². The van der Waals surface area contributed by atoms with E-state index in [1.54, 1.807) is 0 Å². The van der Waals surface area contributed by atoms with Crippen molar-refractivity contribution in [3.8, 4) is 5.69 Å². The van der Waals surface area contributed by atoms with Crippen LogP contribution < -0.4 is 16.4 Å². The molecule has 0 N–H and O–H groups in total. The highest BCUT2D eigenvalue weighted by molar-refractivity contribution is 6.99. The number of aryl methyl sites for hydroxylation is 1. The number of hydrogen-bond acceptors (Lipinski definition) is 0. The second kappa shape index (κ2) is 5.26. The Hall–Kier alpha value is -3.26. The molecule has 2 aliphatic rings. The summed E-state index contributed by atoms with van der Waals surface area (Å²) in [5.41, 5.74) is 12.6. The molecule has 142 valence electrons. The van der Waals surface area contributed by atoms with Crippen LogP contribution in [0.2, 0.25) is 0 Å². The number of hydrogen-bond donors (Lipinski definition) is 0. The van der Waals surface area contributed by atoms with Gasteiger partial charge in [-0.15, -0.1) is 0 Å². The van der Waals surface area contributed by atoms with Gasteiger partial charge in [0.2, 0.25) is 6.71 Å². The van der Waals surface area contributed by atoms with Crippen molar-refractivity contribution in [3.05, 3.63) is 95.6 Å². The van der Waals surface area contributed by atoms with E-state index >= 15 is 0 Å². The fourth-order valence-corrected chi connectivity index (χ4v) is 6.21. The van der Waals surface area contributed by atoms with Crippen LogP contribution in [-0.2, 0) is 5.41 Å². The lowest BCUT2D eigenvalue weighted by atomic mass is 9.30. The van der Waals surface area contributed by atoms with E-state index in [4.69, 9.17) is 0 Å². The SMILES string of the molecule is Cc1ccc2c(c1)c1ccc3c4c1n2-c1ccccc1B4c1ccccc1C3(C)C. The molecule has 0 spiro atoms. The molecule has 2 aliphatic heterocycles. The van der Waals surface area contributed by atoms with Crippen LogP contribution in [0.4, 0.5) is 0 Å². The van der Waals surface area contributed by atoms with Gasteiger partial charge in [-0.1, -0.05) is 85.5 Å². The molecule has 30 heavy (non-hydrogen) atoms. The van der Waals surface area contributed by atoms with Crippen molar-refractivity contribution in [1.29, 1.82) is 0 Å². The number of aromatic nitrogens is 1. The average Bonchev–Trinajstić information content (AvgIpc) is 3.09. The van der Waals surface area contributed by atoms with Crippen molar-refractivity contribution in [2.45, 2.75) is 26.2 Å². The summed E-state index contributed by atoms with van der Waals surface area (Å²) in [4.78, 5) is 0. The summed E-state index contributed by atoms with van der Waals surface area (Å²) >= 11 is 0. The van der Waals surface area contributed by atoms with E-state index < -0.39 is 0 Å². The minimum absolute atomic E-state index is 0.0138. The lowest BCUT2D eigenvalue weighted by molar-refractivity contribution is 0.646. The second-order valence-corrected chi connectivity index (χ2v) is 9.48. The predicted molar refractivity (Wildman–Crippen MR) is 129 cm³/mol. The van der Waals surface area contributed by atoms with Crippen LogP contribution in [0.25, 0.3) is 27.5 Å². The monoisotopic (exact) mass is 383 g/mol. The molecule has 4 aromatic carbocycles. The quantitative estimate of drug-likeness (QED) is 0.339. The fourth-order valence-electron chi connectivity index (χ4n) is 6.21. The standard InChI is InChI=1S/C28H22BN/c1-17-12-15-24-19(16-17)18-13-14-21-26-27(18)30(24)25-11-7-6-10-23(25)29(26)22-9-5-4-8-20(22)28(21,2)3/h4-16H,1-3H3. The molecule has 7 rings (SSSR count). The van der Waals surface area contributed by atoms with Crippen molar-refractivity contribution in [3.63, 3.8) is 0 Å². The van der Waals surface area contributed by atoms with E-state index in [0.717, 1.165) is 0 Å². The molecule has 0 atom stereocenters. The van der Waals surface area contributed by atoms with E-state index in [1.165, 1.54) is 60.6 Å². The van der Waals surface area contributed by atoms with Crippen molar-refractivity contribution in [1.82, 2.24) is 4.57 Å². The first-order valence-corrected chi connectivity index (χ1v) is 10.8. The van der Waals surface area contributed by atoms with Gasteiger partial charge in [0, 0.05) is 27.4 Å². The van der Waals surface area contributed by atoms with Gasteiger partial charge in [0.25, 0.3) is 0 Å². The van der Waals surface area contributed by atoms with Crippen LogP contribution in [-0.4, -0.2) is 11.3 Å². The highest BCUT2D eigenvalue weighted by Gasteiger charge is 2.44. The van der Waals surface area contributed by atoms with Gasteiger partial charge in [-0.05, 0) is 47.2 Å². The summed E-state index contributed by atoms with van der Waals surface area (Å²) in [5, 5.41) is 2.74. The van der Waals surface area contributed by atoms with Gasteiger partial charge in [-0.25, -0.2) is 0 Å². The smallest absolute Gasteiger partial charge is 0.247 e. The van der Waals surface area contributed by atoms with E-state index in [-0.39, 0.29) is 5.41 Å². The van der Waals surface area contributed by atoms with Gasteiger partial charge < -0.3 is 4.57 Å². The largest absolute Gasteiger partial charge is 0.310 e. The molecule has 0 fully saturated rings.